The highest BCUT2D eigenvalue weighted by atomic mass is 79.9. The van der Waals surface area contributed by atoms with Crippen molar-refractivity contribution in [3.63, 3.8) is 0 Å². The van der Waals surface area contributed by atoms with Crippen LogP contribution in [0.1, 0.15) is 12.0 Å². The zero-order valence-electron chi connectivity index (χ0n) is 10.00. The van der Waals surface area contributed by atoms with Crippen molar-refractivity contribution in [2.75, 3.05) is 19.0 Å². The summed E-state index contributed by atoms with van der Waals surface area (Å²) in [5, 5.41) is 2.83. The summed E-state index contributed by atoms with van der Waals surface area (Å²) in [6.07, 6.45) is 0.0199. The number of ether oxygens (including phenoxy) is 1. The van der Waals surface area contributed by atoms with Crippen LogP contribution in [0, 0.1) is 6.92 Å². The molecule has 0 fully saturated rings. The van der Waals surface area contributed by atoms with Gasteiger partial charge in [0.1, 0.15) is 0 Å². The Morgan fingerprint density at radius 2 is 2.29 bits per heavy atom. The fourth-order valence-corrected chi connectivity index (χ4v) is 1.78. The molecule has 1 aromatic carbocycles. The zero-order chi connectivity index (χ0) is 12.8. The molecule has 0 saturated heterocycles. The van der Waals surface area contributed by atoms with Crippen LogP contribution in [0.3, 0.4) is 0 Å². The van der Waals surface area contributed by atoms with Crippen LogP contribution in [0.5, 0.6) is 0 Å². The number of benzene rings is 1. The SMILES string of the molecule is COC(CN)CC(=O)Nc1cccc(C)c1Br. The van der Waals surface area contributed by atoms with Crippen molar-refractivity contribution >= 4 is 27.5 Å². The van der Waals surface area contributed by atoms with Crippen molar-refractivity contribution < 1.29 is 9.53 Å². The molecule has 1 unspecified atom stereocenters. The summed E-state index contributed by atoms with van der Waals surface area (Å²) in [4.78, 5) is 11.7. The van der Waals surface area contributed by atoms with Crippen LogP contribution < -0.4 is 11.1 Å². The third-order valence-electron chi connectivity index (χ3n) is 2.48. The smallest absolute Gasteiger partial charge is 0.227 e. The van der Waals surface area contributed by atoms with Crippen molar-refractivity contribution in [3.8, 4) is 0 Å². The average Bonchev–Trinajstić information content (AvgIpc) is 2.32. The Labute approximate surface area is 110 Å². The van der Waals surface area contributed by atoms with Crippen molar-refractivity contribution in [1.29, 1.82) is 0 Å². The van der Waals surface area contributed by atoms with Crippen LogP contribution >= 0.6 is 15.9 Å². The zero-order valence-corrected chi connectivity index (χ0v) is 11.6. The number of carbonyl (C=O) groups is 1. The van der Waals surface area contributed by atoms with E-state index >= 15 is 0 Å². The molecular formula is C12H17BrN2O2. The molecule has 5 heteroatoms. The molecule has 0 radical (unpaired) electrons. The van der Waals surface area contributed by atoms with E-state index in [1.54, 1.807) is 7.11 Å². The highest BCUT2D eigenvalue weighted by Crippen LogP contribution is 2.25. The van der Waals surface area contributed by atoms with Gasteiger partial charge in [0.25, 0.3) is 0 Å². The largest absolute Gasteiger partial charge is 0.380 e. The predicted octanol–water partition coefficient (Wildman–Crippen LogP) is 2.06. The molecule has 1 aromatic rings. The standard InChI is InChI=1S/C12H17BrN2O2/c1-8-4-3-5-10(12(8)13)15-11(16)6-9(7-14)17-2/h3-5,9H,6-7,14H2,1-2H3,(H,15,16). The average molecular weight is 301 g/mol. The Balaban J connectivity index is 2.65. The highest BCUT2D eigenvalue weighted by Gasteiger charge is 2.12. The summed E-state index contributed by atoms with van der Waals surface area (Å²) in [5.74, 6) is -0.103. The summed E-state index contributed by atoms with van der Waals surface area (Å²) in [6.45, 7) is 2.30. The van der Waals surface area contributed by atoms with Gasteiger partial charge in [0.05, 0.1) is 18.2 Å². The Kier molecular flexibility index (Phi) is 5.61. The molecule has 1 amide bonds. The lowest BCUT2D eigenvalue weighted by molar-refractivity contribution is -0.118. The fourth-order valence-electron chi connectivity index (χ4n) is 1.41. The first-order valence-corrected chi connectivity index (χ1v) is 6.15. The summed E-state index contributed by atoms with van der Waals surface area (Å²) in [7, 11) is 1.55. The molecule has 1 rings (SSSR count). The summed E-state index contributed by atoms with van der Waals surface area (Å²) >= 11 is 3.44. The summed E-state index contributed by atoms with van der Waals surface area (Å²) in [5.41, 5.74) is 7.30. The maximum atomic E-state index is 11.7. The second kappa shape index (κ2) is 6.74. The second-order valence-corrected chi connectivity index (χ2v) is 4.58. The molecule has 0 saturated carbocycles. The molecule has 3 N–H and O–H groups in total. The van der Waals surface area contributed by atoms with Gasteiger partial charge < -0.3 is 15.8 Å². The molecule has 4 nitrogen and oxygen atoms in total. The van der Waals surface area contributed by atoms with Crippen LogP contribution in [0.2, 0.25) is 0 Å². The first-order valence-electron chi connectivity index (χ1n) is 5.36. The Morgan fingerprint density at radius 1 is 1.59 bits per heavy atom. The maximum Gasteiger partial charge on any atom is 0.227 e. The molecule has 0 aliphatic rings. The number of nitrogens with two attached hydrogens (primary N) is 1. The van der Waals surface area contributed by atoms with Crippen molar-refractivity contribution in [1.82, 2.24) is 0 Å². The van der Waals surface area contributed by atoms with Gasteiger partial charge in [0.2, 0.25) is 5.91 Å². The first kappa shape index (κ1) is 14.2. The number of methoxy groups -OCH3 is 1. The van der Waals surface area contributed by atoms with Gasteiger partial charge in [-0.05, 0) is 34.5 Å². The molecule has 0 aliphatic heterocycles. The normalized spacial score (nSPS) is 12.2. The summed E-state index contributed by atoms with van der Waals surface area (Å²) < 4.78 is 5.96. The number of halogens is 1. The Hall–Kier alpha value is -0.910. The van der Waals surface area contributed by atoms with E-state index in [0.717, 1.165) is 15.7 Å². The van der Waals surface area contributed by atoms with E-state index in [4.69, 9.17) is 10.5 Å². The van der Waals surface area contributed by atoms with Gasteiger partial charge in [-0.3, -0.25) is 4.79 Å². The molecule has 0 aliphatic carbocycles. The fraction of sp³-hybridized carbons (Fsp3) is 0.417. The van der Waals surface area contributed by atoms with Gasteiger partial charge in [0, 0.05) is 18.1 Å². The lowest BCUT2D eigenvalue weighted by Crippen LogP contribution is -2.28. The minimum atomic E-state index is -0.237. The number of hydrogen-bond donors (Lipinski definition) is 2. The lowest BCUT2D eigenvalue weighted by Gasteiger charge is -2.13. The molecule has 0 bridgehead atoms. The molecule has 0 spiro atoms. The molecule has 0 heterocycles. The Morgan fingerprint density at radius 3 is 2.88 bits per heavy atom. The van der Waals surface area contributed by atoms with Crippen LogP contribution in [-0.4, -0.2) is 25.7 Å². The molecule has 0 aromatic heterocycles. The van der Waals surface area contributed by atoms with Gasteiger partial charge >= 0.3 is 0 Å². The van der Waals surface area contributed by atoms with Gasteiger partial charge in [-0.1, -0.05) is 12.1 Å². The number of carbonyl (C=O) groups excluding carboxylic acids is 1. The molecule has 1 atom stereocenters. The van der Waals surface area contributed by atoms with Crippen LogP contribution in [-0.2, 0) is 9.53 Å². The van der Waals surface area contributed by atoms with Crippen LogP contribution in [0.25, 0.3) is 0 Å². The summed E-state index contributed by atoms with van der Waals surface area (Å²) in [6, 6.07) is 5.71. The van der Waals surface area contributed by atoms with Gasteiger partial charge in [-0.25, -0.2) is 0 Å². The van der Waals surface area contributed by atoms with E-state index in [0.29, 0.717) is 6.54 Å². The van der Waals surface area contributed by atoms with E-state index in [-0.39, 0.29) is 18.4 Å². The van der Waals surface area contributed by atoms with E-state index in [2.05, 4.69) is 21.2 Å². The molecule has 17 heavy (non-hydrogen) atoms. The van der Waals surface area contributed by atoms with Crippen molar-refractivity contribution in [2.24, 2.45) is 5.73 Å². The van der Waals surface area contributed by atoms with Gasteiger partial charge in [0.15, 0.2) is 0 Å². The quantitative estimate of drug-likeness (QED) is 0.875. The van der Waals surface area contributed by atoms with E-state index in [1.807, 2.05) is 25.1 Å². The number of amides is 1. The third kappa shape index (κ3) is 4.11. The van der Waals surface area contributed by atoms with Crippen molar-refractivity contribution in [3.05, 3.63) is 28.2 Å². The number of rotatable bonds is 5. The van der Waals surface area contributed by atoms with Crippen LogP contribution in [0.15, 0.2) is 22.7 Å². The number of aryl methyl sites for hydroxylation is 1. The minimum Gasteiger partial charge on any atom is -0.380 e. The highest BCUT2D eigenvalue weighted by molar-refractivity contribution is 9.10. The number of anilines is 1. The monoisotopic (exact) mass is 300 g/mol. The third-order valence-corrected chi connectivity index (χ3v) is 3.53. The van der Waals surface area contributed by atoms with E-state index in [1.165, 1.54) is 0 Å². The topological polar surface area (TPSA) is 64.3 Å². The van der Waals surface area contributed by atoms with Crippen LogP contribution in [0.4, 0.5) is 5.69 Å². The van der Waals surface area contributed by atoms with E-state index < -0.39 is 0 Å². The molecular weight excluding hydrogens is 284 g/mol. The number of hydrogen-bond acceptors (Lipinski definition) is 3. The lowest BCUT2D eigenvalue weighted by atomic mass is 10.2. The second-order valence-electron chi connectivity index (χ2n) is 3.78. The Bertz CT molecular complexity index is 392. The maximum absolute atomic E-state index is 11.7. The van der Waals surface area contributed by atoms with Gasteiger partial charge in [-0.15, -0.1) is 0 Å². The first-order chi connectivity index (χ1) is 8.08. The minimum absolute atomic E-state index is 0.103. The van der Waals surface area contributed by atoms with E-state index in [9.17, 15) is 4.79 Å². The molecule has 94 valence electrons. The number of nitrogens with one attached hydrogen (secondary N) is 1. The predicted molar refractivity (Wildman–Crippen MR) is 72.0 cm³/mol. The van der Waals surface area contributed by atoms with Crippen molar-refractivity contribution in [2.45, 2.75) is 19.4 Å². The van der Waals surface area contributed by atoms with Gasteiger partial charge in [-0.2, -0.15) is 0 Å².